The quantitative estimate of drug-likeness (QED) is 0.513. The number of fused-ring (bicyclic) bond motifs is 2. The van der Waals surface area contributed by atoms with Crippen LogP contribution in [0.4, 0.5) is 0 Å². The van der Waals surface area contributed by atoms with Crippen molar-refractivity contribution in [2.24, 2.45) is 23.7 Å². The monoisotopic (exact) mass is 206 g/mol. The molecule has 0 aromatic carbocycles. The van der Waals surface area contributed by atoms with Gasteiger partial charge in [-0.2, -0.15) is 0 Å². The highest BCUT2D eigenvalue weighted by Crippen LogP contribution is 2.42. The Balaban J connectivity index is 2.24. The zero-order valence-electron chi connectivity index (χ0n) is 9.62. The third kappa shape index (κ3) is 1.66. The minimum Gasteiger partial charge on any atom is -0.290 e. The van der Waals surface area contributed by atoms with E-state index in [1.54, 1.807) is 0 Å². The number of ketones is 2. The molecule has 0 unspecified atom stereocenters. The number of hydrogen-bond acceptors (Lipinski definition) is 2. The fourth-order valence-electron chi connectivity index (χ4n) is 2.96. The predicted octanol–water partition coefficient (Wildman–Crippen LogP) is 2.38. The van der Waals surface area contributed by atoms with Crippen molar-refractivity contribution >= 4 is 11.6 Å². The van der Waals surface area contributed by atoms with Gasteiger partial charge in [0.25, 0.3) is 0 Å². The first-order valence-electron chi connectivity index (χ1n) is 5.77. The topological polar surface area (TPSA) is 34.1 Å². The molecule has 82 valence electrons. The number of carbonyl (C=O) groups is 2. The van der Waals surface area contributed by atoms with Crippen LogP contribution in [0.3, 0.4) is 0 Å². The predicted molar refractivity (Wildman–Crippen MR) is 58.3 cm³/mol. The van der Waals surface area contributed by atoms with Gasteiger partial charge in [0, 0.05) is 11.8 Å². The SMILES string of the molecule is CC1=C[C@H]2C(=O)C(=O)[C@@H]1C[C@H]2CC(C)C. The van der Waals surface area contributed by atoms with E-state index in [0.717, 1.165) is 18.4 Å². The third-order valence-corrected chi connectivity index (χ3v) is 3.67. The summed E-state index contributed by atoms with van der Waals surface area (Å²) in [6, 6.07) is 0. The Morgan fingerprint density at radius 3 is 2.60 bits per heavy atom. The summed E-state index contributed by atoms with van der Waals surface area (Å²) in [5.74, 6) is 0.536. The molecule has 2 bridgehead atoms. The second kappa shape index (κ2) is 3.58. The summed E-state index contributed by atoms with van der Waals surface area (Å²) in [6.45, 7) is 6.32. The molecule has 0 aliphatic heterocycles. The lowest BCUT2D eigenvalue weighted by molar-refractivity contribution is -0.144. The van der Waals surface area contributed by atoms with Gasteiger partial charge in [0.05, 0.1) is 0 Å². The summed E-state index contributed by atoms with van der Waals surface area (Å²) in [7, 11) is 0. The summed E-state index contributed by atoms with van der Waals surface area (Å²) in [5.41, 5.74) is 1.12. The van der Waals surface area contributed by atoms with Gasteiger partial charge in [-0.05, 0) is 31.6 Å². The van der Waals surface area contributed by atoms with Crippen molar-refractivity contribution in [1.82, 2.24) is 0 Å². The van der Waals surface area contributed by atoms with Crippen LogP contribution >= 0.6 is 0 Å². The van der Waals surface area contributed by atoms with Crippen LogP contribution in [0.1, 0.15) is 33.6 Å². The number of carbonyl (C=O) groups excluding carboxylic acids is 2. The average molecular weight is 206 g/mol. The van der Waals surface area contributed by atoms with Crippen LogP contribution in [0, 0.1) is 23.7 Å². The number of rotatable bonds is 2. The van der Waals surface area contributed by atoms with E-state index >= 15 is 0 Å². The van der Waals surface area contributed by atoms with Gasteiger partial charge in [-0.1, -0.05) is 25.5 Å². The Bertz CT molecular complexity index is 338. The lowest BCUT2D eigenvalue weighted by atomic mass is 9.63. The zero-order chi connectivity index (χ0) is 11.2. The second-order valence-electron chi connectivity index (χ2n) is 5.34. The fourth-order valence-corrected chi connectivity index (χ4v) is 2.96. The molecule has 15 heavy (non-hydrogen) atoms. The zero-order valence-corrected chi connectivity index (χ0v) is 9.62. The molecule has 1 fully saturated rings. The van der Waals surface area contributed by atoms with Crippen molar-refractivity contribution in [1.29, 1.82) is 0 Å². The lowest BCUT2D eigenvalue weighted by Crippen LogP contribution is -2.45. The van der Waals surface area contributed by atoms with Crippen LogP contribution in [0.15, 0.2) is 11.6 Å². The van der Waals surface area contributed by atoms with Crippen LogP contribution in [-0.4, -0.2) is 11.6 Å². The van der Waals surface area contributed by atoms with Gasteiger partial charge < -0.3 is 0 Å². The van der Waals surface area contributed by atoms with E-state index in [1.807, 2.05) is 13.0 Å². The lowest BCUT2D eigenvalue weighted by Gasteiger charge is -2.39. The molecule has 3 aliphatic rings. The van der Waals surface area contributed by atoms with Crippen LogP contribution in [-0.2, 0) is 9.59 Å². The minimum atomic E-state index is -0.139. The van der Waals surface area contributed by atoms with E-state index in [1.165, 1.54) is 0 Å². The largest absolute Gasteiger partial charge is 0.290 e. The summed E-state index contributed by atoms with van der Waals surface area (Å²) >= 11 is 0. The van der Waals surface area contributed by atoms with E-state index in [0.29, 0.717) is 11.8 Å². The summed E-state index contributed by atoms with van der Waals surface area (Å²) in [5, 5.41) is 0. The van der Waals surface area contributed by atoms with Crippen LogP contribution in [0.5, 0.6) is 0 Å². The van der Waals surface area contributed by atoms with Crippen LogP contribution in [0.2, 0.25) is 0 Å². The van der Waals surface area contributed by atoms with E-state index in [9.17, 15) is 9.59 Å². The highest BCUT2D eigenvalue weighted by atomic mass is 16.2. The van der Waals surface area contributed by atoms with Gasteiger partial charge in [-0.3, -0.25) is 9.59 Å². The van der Waals surface area contributed by atoms with Crippen molar-refractivity contribution in [2.75, 3.05) is 0 Å². The van der Waals surface area contributed by atoms with Crippen LogP contribution in [0.25, 0.3) is 0 Å². The molecule has 3 atom stereocenters. The molecule has 0 aromatic rings. The van der Waals surface area contributed by atoms with E-state index in [-0.39, 0.29) is 23.4 Å². The molecular weight excluding hydrogens is 188 g/mol. The first-order chi connectivity index (χ1) is 7.00. The fraction of sp³-hybridized carbons (Fsp3) is 0.692. The Hall–Kier alpha value is -0.920. The number of allylic oxidation sites excluding steroid dienone is 2. The van der Waals surface area contributed by atoms with Crippen molar-refractivity contribution in [3.8, 4) is 0 Å². The van der Waals surface area contributed by atoms with Crippen molar-refractivity contribution in [3.63, 3.8) is 0 Å². The second-order valence-corrected chi connectivity index (χ2v) is 5.34. The van der Waals surface area contributed by atoms with Gasteiger partial charge in [0.15, 0.2) is 0 Å². The molecule has 0 saturated heterocycles. The Labute approximate surface area is 90.7 Å². The highest BCUT2D eigenvalue weighted by molar-refractivity contribution is 6.41. The van der Waals surface area contributed by atoms with Crippen molar-refractivity contribution in [2.45, 2.75) is 33.6 Å². The number of Topliss-reactive ketones (excluding diaryl/α,β-unsaturated/α-hetero) is 2. The molecule has 2 heteroatoms. The van der Waals surface area contributed by atoms with E-state index in [4.69, 9.17) is 0 Å². The van der Waals surface area contributed by atoms with Gasteiger partial charge >= 0.3 is 0 Å². The van der Waals surface area contributed by atoms with E-state index in [2.05, 4.69) is 13.8 Å². The molecule has 0 aromatic heterocycles. The standard InChI is InChI=1S/C13H18O2/c1-7(2)4-9-6-10-8(3)5-11(9)13(15)12(10)14/h5,7,9-11H,4,6H2,1-3H3/t9-,10-,11-/m1/s1. The van der Waals surface area contributed by atoms with Crippen molar-refractivity contribution < 1.29 is 9.59 Å². The van der Waals surface area contributed by atoms with Gasteiger partial charge in [0.2, 0.25) is 11.6 Å². The molecule has 3 aliphatic carbocycles. The molecular formula is C13H18O2. The van der Waals surface area contributed by atoms with E-state index < -0.39 is 0 Å². The molecule has 0 heterocycles. The molecule has 1 saturated carbocycles. The van der Waals surface area contributed by atoms with Gasteiger partial charge in [0.1, 0.15) is 0 Å². The maximum atomic E-state index is 11.7. The molecule has 2 nitrogen and oxygen atoms in total. The molecule has 0 spiro atoms. The number of hydrogen-bond donors (Lipinski definition) is 0. The first-order valence-corrected chi connectivity index (χ1v) is 5.77. The third-order valence-electron chi connectivity index (χ3n) is 3.67. The molecule has 0 amide bonds. The Morgan fingerprint density at radius 1 is 1.33 bits per heavy atom. The van der Waals surface area contributed by atoms with Gasteiger partial charge in [-0.25, -0.2) is 0 Å². The normalized spacial score (nSPS) is 34.9. The first kappa shape index (κ1) is 10.6. The minimum absolute atomic E-state index is 0.0914. The Morgan fingerprint density at radius 2 is 2.00 bits per heavy atom. The van der Waals surface area contributed by atoms with Gasteiger partial charge in [-0.15, -0.1) is 0 Å². The highest BCUT2D eigenvalue weighted by Gasteiger charge is 2.46. The Kier molecular flexibility index (Phi) is 2.53. The maximum Gasteiger partial charge on any atom is 0.206 e. The van der Waals surface area contributed by atoms with Crippen molar-refractivity contribution in [3.05, 3.63) is 11.6 Å². The average Bonchev–Trinajstić information content (AvgIpc) is 2.14. The smallest absolute Gasteiger partial charge is 0.206 e. The summed E-state index contributed by atoms with van der Waals surface area (Å²) in [4.78, 5) is 23.4. The maximum absolute atomic E-state index is 11.7. The summed E-state index contributed by atoms with van der Waals surface area (Å²) in [6.07, 6.45) is 3.99. The van der Waals surface area contributed by atoms with Crippen LogP contribution < -0.4 is 0 Å². The summed E-state index contributed by atoms with van der Waals surface area (Å²) < 4.78 is 0. The molecule has 0 radical (unpaired) electrons. The molecule has 3 rings (SSSR count). The molecule has 0 N–H and O–H groups in total.